The van der Waals surface area contributed by atoms with Crippen LogP contribution >= 0.6 is 0 Å². The van der Waals surface area contributed by atoms with E-state index in [2.05, 4.69) is 19.2 Å². The lowest BCUT2D eigenvalue weighted by Crippen LogP contribution is -2.34. The largest absolute Gasteiger partial charge is 0.493 e. The van der Waals surface area contributed by atoms with E-state index in [-0.39, 0.29) is 11.9 Å². The van der Waals surface area contributed by atoms with Gasteiger partial charge in [0.05, 0.1) is 13.7 Å². The van der Waals surface area contributed by atoms with E-state index in [0.29, 0.717) is 24.0 Å². The van der Waals surface area contributed by atoms with Crippen molar-refractivity contribution in [3.8, 4) is 11.5 Å². The number of ether oxygens (including phenoxy) is 2. The summed E-state index contributed by atoms with van der Waals surface area (Å²) in [4.78, 5) is 11.8. The Morgan fingerprint density at radius 3 is 2.57 bits per heavy atom. The molecule has 0 aliphatic heterocycles. The van der Waals surface area contributed by atoms with Crippen molar-refractivity contribution in [1.82, 2.24) is 5.32 Å². The molecule has 1 rings (SSSR count). The van der Waals surface area contributed by atoms with E-state index in [4.69, 9.17) is 9.47 Å². The van der Waals surface area contributed by atoms with Crippen molar-refractivity contribution in [3.05, 3.63) is 29.8 Å². The molecule has 1 unspecified atom stereocenters. The van der Waals surface area contributed by atoms with Crippen LogP contribution in [-0.2, 0) is 4.79 Å². The molecule has 0 aromatic heterocycles. The van der Waals surface area contributed by atoms with Crippen LogP contribution in [0.15, 0.2) is 24.3 Å². The Morgan fingerprint density at radius 1 is 1.29 bits per heavy atom. The minimum absolute atomic E-state index is 0.0926. The lowest BCUT2D eigenvalue weighted by Gasteiger charge is -2.15. The number of hydrogen-bond acceptors (Lipinski definition) is 3. The Labute approximate surface area is 127 Å². The van der Waals surface area contributed by atoms with E-state index < -0.39 is 0 Å². The van der Waals surface area contributed by atoms with Gasteiger partial charge in [-0.25, -0.2) is 0 Å². The van der Waals surface area contributed by atoms with Crippen LogP contribution in [0.4, 0.5) is 0 Å². The second kappa shape index (κ2) is 8.35. The van der Waals surface area contributed by atoms with Crippen LogP contribution in [-0.4, -0.2) is 25.7 Å². The number of nitrogens with one attached hydrogen (secondary N) is 1. The van der Waals surface area contributed by atoms with Crippen molar-refractivity contribution < 1.29 is 14.3 Å². The Hall–Kier alpha value is -1.97. The van der Waals surface area contributed by atoms with E-state index in [1.807, 2.05) is 32.0 Å². The normalized spacial score (nSPS) is 12.5. The van der Waals surface area contributed by atoms with Gasteiger partial charge >= 0.3 is 0 Å². The zero-order chi connectivity index (χ0) is 15.8. The topological polar surface area (TPSA) is 47.6 Å². The number of benzene rings is 1. The molecule has 0 aliphatic carbocycles. The third-order valence-corrected chi connectivity index (χ3v) is 3.28. The molecule has 0 fully saturated rings. The maximum absolute atomic E-state index is 11.8. The van der Waals surface area contributed by atoms with Gasteiger partial charge in [0.15, 0.2) is 11.5 Å². The van der Waals surface area contributed by atoms with Crippen molar-refractivity contribution in [2.24, 2.45) is 5.92 Å². The minimum atomic E-state index is -0.0926. The molecule has 4 nitrogen and oxygen atoms in total. The fourth-order valence-corrected chi connectivity index (χ4v) is 1.68. The van der Waals surface area contributed by atoms with E-state index in [9.17, 15) is 4.79 Å². The highest BCUT2D eigenvalue weighted by molar-refractivity contribution is 5.92. The Balaban J connectivity index is 2.76. The van der Waals surface area contributed by atoms with Gasteiger partial charge in [-0.3, -0.25) is 4.79 Å². The number of rotatable bonds is 7. The highest BCUT2D eigenvalue weighted by Gasteiger charge is 2.08. The van der Waals surface area contributed by atoms with E-state index >= 15 is 0 Å². The average molecular weight is 291 g/mol. The van der Waals surface area contributed by atoms with Crippen LogP contribution in [0.25, 0.3) is 6.08 Å². The molecule has 1 atom stereocenters. The van der Waals surface area contributed by atoms with Crippen molar-refractivity contribution in [2.45, 2.75) is 33.7 Å². The minimum Gasteiger partial charge on any atom is -0.493 e. The van der Waals surface area contributed by atoms with Gasteiger partial charge in [-0.05, 0) is 43.5 Å². The van der Waals surface area contributed by atoms with Gasteiger partial charge in [0.1, 0.15) is 0 Å². The van der Waals surface area contributed by atoms with E-state index in [1.165, 1.54) is 6.08 Å². The quantitative estimate of drug-likeness (QED) is 0.784. The standard InChI is InChI=1S/C17H25NO3/c1-6-21-16-11-14(7-9-15(16)20-5)8-10-17(19)18-13(4)12(2)3/h7-13H,6H2,1-5H3,(H,18,19)/b10-8+. The lowest BCUT2D eigenvalue weighted by molar-refractivity contribution is -0.117. The van der Waals surface area contributed by atoms with Crippen LogP contribution in [0.3, 0.4) is 0 Å². The summed E-state index contributed by atoms with van der Waals surface area (Å²) in [6.07, 6.45) is 3.31. The molecule has 1 amide bonds. The predicted molar refractivity (Wildman–Crippen MR) is 85.6 cm³/mol. The first-order chi connectivity index (χ1) is 9.97. The molecule has 0 aliphatic rings. The number of carbonyl (C=O) groups is 1. The van der Waals surface area contributed by atoms with Crippen molar-refractivity contribution in [3.63, 3.8) is 0 Å². The van der Waals surface area contributed by atoms with Crippen LogP contribution in [0.1, 0.15) is 33.3 Å². The summed E-state index contributed by atoms with van der Waals surface area (Å²) in [5, 5.41) is 2.93. The lowest BCUT2D eigenvalue weighted by atomic mass is 10.1. The SMILES string of the molecule is CCOc1cc(/C=C/C(=O)NC(C)C(C)C)ccc1OC. The van der Waals surface area contributed by atoms with Gasteiger partial charge in [0, 0.05) is 12.1 Å². The Kier molecular flexibility index (Phi) is 6.79. The molecule has 4 heteroatoms. The van der Waals surface area contributed by atoms with Gasteiger partial charge in [-0.1, -0.05) is 19.9 Å². The molecule has 116 valence electrons. The van der Waals surface area contributed by atoms with Gasteiger partial charge in [-0.2, -0.15) is 0 Å². The number of carbonyl (C=O) groups excluding carboxylic acids is 1. The average Bonchev–Trinajstić information content (AvgIpc) is 2.45. The highest BCUT2D eigenvalue weighted by Crippen LogP contribution is 2.28. The van der Waals surface area contributed by atoms with Crippen molar-refractivity contribution >= 4 is 12.0 Å². The first-order valence-corrected chi connectivity index (χ1v) is 7.27. The molecule has 0 radical (unpaired) electrons. The summed E-state index contributed by atoms with van der Waals surface area (Å²) < 4.78 is 10.7. The third kappa shape index (κ3) is 5.50. The summed E-state index contributed by atoms with van der Waals surface area (Å²) in [5.74, 6) is 1.68. The number of hydrogen-bond donors (Lipinski definition) is 1. The van der Waals surface area contributed by atoms with Crippen molar-refractivity contribution in [2.75, 3.05) is 13.7 Å². The summed E-state index contributed by atoms with van der Waals surface area (Å²) in [5.41, 5.74) is 0.895. The summed E-state index contributed by atoms with van der Waals surface area (Å²) in [6.45, 7) is 8.63. The Bertz CT molecular complexity index is 495. The second-order valence-electron chi connectivity index (χ2n) is 5.22. The Morgan fingerprint density at radius 2 is 2.00 bits per heavy atom. The summed E-state index contributed by atoms with van der Waals surface area (Å²) in [7, 11) is 1.61. The highest BCUT2D eigenvalue weighted by atomic mass is 16.5. The zero-order valence-corrected chi connectivity index (χ0v) is 13.5. The summed E-state index contributed by atoms with van der Waals surface area (Å²) in [6, 6.07) is 5.73. The van der Waals surface area contributed by atoms with Crippen molar-refractivity contribution in [1.29, 1.82) is 0 Å². The van der Waals surface area contributed by atoms with Crippen LogP contribution in [0.5, 0.6) is 11.5 Å². The maximum atomic E-state index is 11.8. The molecule has 1 N–H and O–H groups in total. The molecule has 1 aromatic carbocycles. The molecule has 21 heavy (non-hydrogen) atoms. The first-order valence-electron chi connectivity index (χ1n) is 7.27. The monoisotopic (exact) mass is 291 g/mol. The number of methoxy groups -OCH3 is 1. The van der Waals surface area contributed by atoms with Gasteiger partial charge in [-0.15, -0.1) is 0 Å². The van der Waals surface area contributed by atoms with Gasteiger partial charge in [0.25, 0.3) is 0 Å². The van der Waals surface area contributed by atoms with E-state index in [1.54, 1.807) is 13.2 Å². The predicted octanol–water partition coefficient (Wildman–Crippen LogP) is 3.27. The fraction of sp³-hybridized carbons (Fsp3) is 0.471. The molecular formula is C17H25NO3. The van der Waals surface area contributed by atoms with Gasteiger partial charge in [0.2, 0.25) is 5.91 Å². The second-order valence-corrected chi connectivity index (χ2v) is 5.22. The van der Waals surface area contributed by atoms with Gasteiger partial charge < -0.3 is 14.8 Å². The zero-order valence-electron chi connectivity index (χ0n) is 13.5. The fourth-order valence-electron chi connectivity index (χ4n) is 1.68. The smallest absolute Gasteiger partial charge is 0.244 e. The summed E-state index contributed by atoms with van der Waals surface area (Å²) >= 11 is 0. The molecule has 0 spiro atoms. The first kappa shape index (κ1) is 17.1. The molecular weight excluding hydrogens is 266 g/mol. The maximum Gasteiger partial charge on any atom is 0.244 e. The molecule has 0 bridgehead atoms. The van der Waals surface area contributed by atoms with Crippen LogP contribution in [0, 0.1) is 5.92 Å². The number of amides is 1. The molecule has 0 heterocycles. The molecule has 0 saturated heterocycles. The molecule has 0 saturated carbocycles. The van der Waals surface area contributed by atoms with Crippen LogP contribution < -0.4 is 14.8 Å². The van der Waals surface area contributed by atoms with Crippen LogP contribution in [0.2, 0.25) is 0 Å². The molecule has 1 aromatic rings. The van der Waals surface area contributed by atoms with E-state index in [0.717, 1.165) is 5.56 Å². The third-order valence-electron chi connectivity index (χ3n) is 3.28.